The molecule has 0 fully saturated rings. The van der Waals surface area contributed by atoms with Crippen molar-refractivity contribution < 1.29 is 14.2 Å². The topological polar surface area (TPSA) is 76.5 Å². The van der Waals surface area contributed by atoms with Gasteiger partial charge in [-0.2, -0.15) is 0 Å². The molecule has 104 valence electrons. The minimum absolute atomic E-state index is 0.354. The quantitative estimate of drug-likeness (QED) is 0.282. The summed E-state index contributed by atoms with van der Waals surface area (Å²) in [7, 11) is 0. The summed E-state index contributed by atoms with van der Waals surface area (Å²) in [6, 6.07) is 7.89. The highest BCUT2D eigenvalue weighted by molar-refractivity contribution is 5.26. The van der Waals surface area contributed by atoms with Crippen molar-refractivity contribution in [3.63, 3.8) is 0 Å². The molecule has 0 saturated carbocycles. The van der Waals surface area contributed by atoms with E-state index in [1.807, 2.05) is 31.2 Å². The average Bonchev–Trinajstić information content (AvgIpc) is 2.43. The Labute approximate surface area is 112 Å². The van der Waals surface area contributed by atoms with Crippen molar-refractivity contribution in [1.29, 1.82) is 0 Å². The van der Waals surface area contributed by atoms with Crippen LogP contribution < -0.4 is 4.74 Å². The summed E-state index contributed by atoms with van der Waals surface area (Å²) in [4.78, 5) is 2.63. The maximum absolute atomic E-state index is 8.04. The number of hydrogen-bond acceptors (Lipinski definition) is 4. The van der Waals surface area contributed by atoms with Crippen LogP contribution in [0.4, 0.5) is 0 Å². The molecule has 0 aromatic heterocycles. The van der Waals surface area contributed by atoms with E-state index in [4.69, 9.17) is 19.7 Å². The Hall–Kier alpha value is -1.75. The molecule has 0 unspecified atom stereocenters. The van der Waals surface area contributed by atoms with Gasteiger partial charge in [0.1, 0.15) is 12.4 Å². The van der Waals surface area contributed by atoms with Crippen LogP contribution in [-0.2, 0) is 9.47 Å². The van der Waals surface area contributed by atoms with E-state index in [0.717, 1.165) is 5.75 Å². The van der Waals surface area contributed by atoms with Crippen LogP contribution >= 0.6 is 0 Å². The van der Waals surface area contributed by atoms with E-state index in [-0.39, 0.29) is 0 Å². The van der Waals surface area contributed by atoms with Crippen molar-refractivity contribution >= 4 is 0 Å². The van der Waals surface area contributed by atoms with Gasteiger partial charge in [0.05, 0.1) is 26.4 Å². The summed E-state index contributed by atoms with van der Waals surface area (Å²) in [6.45, 7) is 4.85. The highest BCUT2D eigenvalue weighted by Gasteiger charge is 1.94. The number of benzene rings is 1. The lowest BCUT2D eigenvalue weighted by molar-refractivity contribution is 0.0388. The molecule has 0 aliphatic carbocycles. The zero-order valence-corrected chi connectivity index (χ0v) is 11.1. The van der Waals surface area contributed by atoms with E-state index in [1.165, 1.54) is 5.56 Å². The molecule has 0 amide bonds. The number of azide groups is 1. The fraction of sp³-hybridized carbons (Fsp3) is 0.538. The average molecular weight is 265 g/mol. The first-order valence-electron chi connectivity index (χ1n) is 6.19. The zero-order valence-electron chi connectivity index (χ0n) is 11.1. The Balaban J connectivity index is 1.91. The van der Waals surface area contributed by atoms with E-state index in [0.29, 0.717) is 39.6 Å². The van der Waals surface area contributed by atoms with Gasteiger partial charge in [-0.05, 0) is 24.6 Å². The van der Waals surface area contributed by atoms with E-state index < -0.39 is 0 Å². The lowest BCUT2D eigenvalue weighted by Crippen LogP contribution is -2.11. The molecule has 1 aromatic rings. The van der Waals surface area contributed by atoms with Crippen molar-refractivity contribution in [3.05, 3.63) is 40.3 Å². The molecular formula is C13H19N3O3. The van der Waals surface area contributed by atoms with Gasteiger partial charge in [-0.3, -0.25) is 0 Å². The standard InChI is InChI=1S/C13H19N3O3/c1-12-2-4-13(5-3-12)19-11-10-18-9-8-17-7-6-15-16-14/h2-5H,6-11H2,1H3. The molecule has 0 saturated heterocycles. The first kappa shape index (κ1) is 15.3. The second kappa shape index (κ2) is 10.2. The summed E-state index contributed by atoms with van der Waals surface area (Å²) in [5, 5.41) is 3.35. The van der Waals surface area contributed by atoms with Crippen molar-refractivity contribution in [2.24, 2.45) is 5.11 Å². The van der Waals surface area contributed by atoms with Gasteiger partial charge in [0.15, 0.2) is 0 Å². The smallest absolute Gasteiger partial charge is 0.119 e. The predicted octanol–water partition coefficient (Wildman–Crippen LogP) is 2.72. The van der Waals surface area contributed by atoms with Crippen LogP contribution in [-0.4, -0.2) is 39.6 Å². The molecule has 19 heavy (non-hydrogen) atoms. The number of ether oxygens (including phenoxy) is 3. The molecule has 0 aliphatic heterocycles. The van der Waals surface area contributed by atoms with Crippen LogP contribution in [0.15, 0.2) is 29.4 Å². The Morgan fingerprint density at radius 1 is 1.00 bits per heavy atom. The molecule has 0 heterocycles. The Morgan fingerprint density at radius 2 is 1.63 bits per heavy atom. The molecule has 6 heteroatoms. The number of rotatable bonds is 10. The van der Waals surface area contributed by atoms with Gasteiger partial charge in [0, 0.05) is 11.5 Å². The maximum Gasteiger partial charge on any atom is 0.119 e. The van der Waals surface area contributed by atoms with Crippen LogP contribution in [0.5, 0.6) is 5.75 Å². The van der Waals surface area contributed by atoms with E-state index >= 15 is 0 Å². The first-order valence-corrected chi connectivity index (χ1v) is 6.19. The van der Waals surface area contributed by atoms with Crippen LogP contribution in [0.2, 0.25) is 0 Å². The summed E-state index contributed by atoms with van der Waals surface area (Å²) >= 11 is 0. The largest absolute Gasteiger partial charge is 0.491 e. The van der Waals surface area contributed by atoms with E-state index in [1.54, 1.807) is 0 Å². The second-order valence-corrected chi connectivity index (χ2v) is 3.84. The van der Waals surface area contributed by atoms with E-state index in [2.05, 4.69) is 10.0 Å². The van der Waals surface area contributed by atoms with Gasteiger partial charge in [0.2, 0.25) is 0 Å². The number of hydrogen-bond donors (Lipinski definition) is 0. The van der Waals surface area contributed by atoms with Gasteiger partial charge < -0.3 is 14.2 Å². The molecule has 0 bridgehead atoms. The summed E-state index contributed by atoms with van der Waals surface area (Å²) in [6.07, 6.45) is 0. The first-order chi connectivity index (χ1) is 9.33. The molecule has 0 radical (unpaired) electrons. The van der Waals surface area contributed by atoms with Gasteiger partial charge in [0.25, 0.3) is 0 Å². The van der Waals surface area contributed by atoms with Crippen molar-refractivity contribution in [3.8, 4) is 5.75 Å². The highest BCUT2D eigenvalue weighted by Crippen LogP contribution is 2.10. The van der Waals surface area contributed by atoms with Gasteiger partial charge in [-0.1, -0.05) is 22.8 Å². The van der Waals surface area contributed by atoms with Crippen LogP contribution in [0.3, 0.4) is 0 Å². The van der Waals surface area contributed by atoms with Crippen molar-refractivity contribution in [1.82, 2.24) is 0 Å². The van der Waals surface area contributed by atoms with Crippen LogP contribution in [0.25, 0.3) is 10.4 Å². The molecule has 0 atom stereocenters. The third kappa shape index (κ3) is 8.05. The summed E-state index contributed by atoms with van der Waals surface area (Å²) in [5.41, 5.74) is 9.25. The van der Waals surface area contributed by atoms with Crippen molar-refractivity contribution in [2.45, 2.75) is 6.92 Å². The fourth-order valence-electron chi connectivity index (χ4n) is 1.33. The minimum atomic E-state index is 0.354. The predicted molar refractivity (Wildman–Crippen MR) is 72.3 cm³/mol. The van der Waals surface area contributed by atoms with Gasteiger partial charge in [-0.25, -0.2) is 0 Å². The molecule has 0 N–H and O–H groups in total. The normalized spacial score (nSPS) is 9.95. The molecule has 1 aromatic carbocycles. The van der Waals surface area contributed by atoms with Crippen LogP contribution in [0, 0.1) is 6.92 Å². The molecule has 0 aliphatic rings. The monoisotopic (exact) mass is 265 g/mol. The van der Waals surface area contributed by atoms with Crippen molar-refractivity contribution in [2.75, 3.05) is 39.6 Å². The summed E-state index contributed by atoms with van der Waals surface area (Å²) in [5.74, 6) is 0.847. The Morgan fingerprint density at radius 3 is 2.32 bits per heavy atom. The zero-order chi connectivity index (χ0) is 13.8. The summed E-state index contributed by atoms with van der Waals surface area (Å²) < 4.78 is 16.0. The molecular weight excluding hydrogens is 246 g/mol. The van der Waals surface area contributed by atoms with Crippen LogP contribution in [0.1, 0.15) is 5.56 Å². The maximum atomic E-state index is 8.04. The number of aryl methyl sites for hydroxylation is 1. The second-order valence-electron chi connectivity index (χ2n) is 3.84. The number of nitrogens with zero attached hydrogens (tertiary/aromatic N) is 3. The Bertz CT molecular complexity index is 389. The molecule has 1 rings (SSSR count). The third-order valence-electron chi connectivity index (χ3n) is 2.29. The van der Waals surface area contributed by atoms with E-state index in [9.17, 15) is 0 Å². The van der Waals surface area contributed by atoms with Gasteiger partial charge in [-0.15, -0.1) is 0 Å². The lowest BCUT2D eigenvalue weighted by atomic mass is 10.2. The van der Waals surface area contributed by atoms with Gasteiger partial charge >= 0.3 is 0 Å². The lowest BCUT2D eigenvalue weighted by Gasteiger charge is -2.07. The SMILES string of the molecule is Cc1ccc(OCCOCCOCCN=[N+]=[N-])cc1. The Kier molecular flexibility index (Phi) is 8.22. The fourth-order valence-corrected chi connectivity index (χ4v) is 1.33. The molecule has 0 spiro atoms. The highest BCUT2D eigenvalue weighted by atomic mass is 16.5. The molecule has 6 nitrogen and oxygen atoms in total. The third-order valence-corrected chi connectivity index (χ3v) is 2.29. The minimum Gasteiger partial charge on any atom is -0.491 e.